The second kappa shape index (κ2) is 5.69. The Morgan fingerprint density at radius 1 is 1.22 bits per heavy atom. The van der Waals surface area contributed by atoms with Gasteiger partial charge in [-0.05, 0) is 37.3 Å². The largest absolute Gasteiger partial charge is 0.468 e. The van der Waals surface area contributed by atoms with E-state index in [4.69, 9.17) is 10.2 Å². The van der Waals surface area contributed by atoms with Crippen LogP contribution in [-0.4, -0.2) is 6.54 Å². The van der Waals surface area contributed by atoms with Crippen molar-refractivity contribution in [3.8, 4) is 0 Å². The van der Waals surface area contributed by atoms with Gasteiger partial charge < -0.3 is 15.1 Å². The number of rotatable bonds is 5. The van der Waals surface area contributed by atoms with Crippen molar-refractivity contribution >= 4 is 5.69 Å². The maximum atomic E-state index is 12.9. The molecule has 0 radical (unpaired) electrons. The number of furan rings is 1. The highest BCUT2D eigenvalue weighted by atomic mass is 19.1. The smallest absolute Gasteiger partial charge is 0.123 e. The normalized spacial score (nSPS) is 10.6. The third kappa shape index (κ3) is 2.71. The zero-order valence-electron chi connectivity index (χ0n) is 10.4. The van der Waals surface area contributed by atoms with Gasteiger partial charge in [0.25, 0.3) is 0 Å². The number of nitrogens with two attached hydrogens (primary N) is 1. The Balaban J connectivity index is 2.17. The van der Waals surface area contributed by atoms with Crippen molar-refractivity contribution in [3.05, 3.63) is 53.7 Å². The molecule has 1 heterocycles. The summed E-state index contributed by atoms with van der Waals surface area (Å²) in [5, 5.41) is 0. The van der Waals surface area contributed by atoms with E-state index in [9.17, 15) is 4.39 Å². The molecule has 1 aromatic carbocycles. The molecule has 0 saturated carbocycles. The quantitative estimate of drug-likeness (QED) is 0.884. The molecule has 0 bridgehead atoms. The molecule has 0 aliphatic carbocycles. The second-order valence-corrected chi connectivity index (χ2v) is 4.06. The number of nitrogens with zero attached hydrogens (tertiary/aromatic N) is 1. The van der Waals surface area contributed by atoms with Gasteiger partial charge in [0.05, 0.1) is 12.8 Å². The van der Waals surface area contributed by atoms with Crippen LogP contribution in [0.25, 0.3) is 0 Å². The Hall–Kier alpha value is -1.81. The SMILES string of the molecule is CCN(Cc1ccoc1CN)c1ccc(F)cc1. The summed E-state index contributed by atoms with van der Waals surface area (Å²) in [4.78, 5) is 2.14. The van der Waals surface area contributed by atoms with E-state index in [0.717, 1.165) is 23.6 Å². The minimum absolute atomic E-state index is 0.222. The maximum absolute atomic E-state index is 12.9. The van der Waals surface area contributed by atoms with Crippen LogP contribution in [0.5, 0.6) is 0 Å². The Bertz CT molecular complexity index is 493. The molecule has 0 aliphatic heterocycles. The third-order valence-electron chi connectivity index (χ3n) is 2.96. The Labute approximate surface area is 106 Å². The fraction of sp³-hybridized carbons (Fsp3) is 0.286. The number of hydrogen-bond donors (Lipinski definition) is 1. The average Bonchev–Trinajstić information content (AvgIpc) is 2.84. The molecule has 4 heteroatoms. The molecule has 0 spiro atoms. The van der Waals surface area contributed by atoms with E-state index in [-0.39, 0.29) is 5.82 Å². The summed E-state index contributed by atoms with van der Waals surface area (Å²) in [7, 11) is 0. The molecule has 0 unspecified atom stereocenters. The highest BCUT2D eigenvalue weighted by molar-refractivity contribution is 5.47. The number of benzene rings is 1. The summed E-state index contributed by atoms with van der Waals surface area (Å²) >= 11 is 0. The van der Waals surface area contributed by atoms with Crippen molar-refractivity contribution < 1.29 is 8.81 Å². The summed E-state index contributed by atoms with van der Waals surface area (Å²) in [6.07, 6.45) is 1.65. The minimum atomic E-state index is -0.222. The topological polar surface area (TPSA) is 42.4 Å². The molecular weight excluding hydrogens is 231 g/mol. The molecule has 0 aliphatic rings. The van der Waals surface area contributed by atoms with E-state index in [1.807, 2.05) is 6.07 Å². The van der Waals surface area contributed by atoms with Crippen LogP contribution in [0.1, 0.15) is 18.2 Å². The van der Waals surface area contributed by atoms with Gasteiger partial charge in [0.2, 0.25) is 0 Å². The highest BCUT2D eigenvalue weighted by Gasteiger charge is 2.10. The van der Waals surface area contributed by atoms with Gasteiger partial charge in [-0.1, -0.05) is 0 Å². The molecule has 2 aromatic rings. The van der Waals surface area contributed by atoms with Gasteiger partial charge in [0.1, 0.15) is 11.6 Å². The standard InChI is InChI=1S/C14H17FN2O/c1-2-17(13-5-3-12(15)4-6-13)10-11-7-8-18-14(11)9-16/h3-8H,2,9-10,16H2,1H3. The number of halogens is 1. The van der Waals surface area contributed by atoms with Crippen LogP contribution < -0.4 is 10.6 Å². The van der Waals surface area contributed by atoms with Crippen molar-refractivity contribution in [2.24, 2.45) is 5.73 Å². The zero-order chi connectivity index (χ0) is 13.0. The summed E-state index contributed by atoms with van der Waals surface area (Å²) in [6.45, 7) is 4.00. The van der Waals surface area contributed by atoms with Crippen molar-refractivity contribution in [1.82, 2.24) is 0 Å². The van der Waals surface area contributed by atoms with Crippen LogP contribution in [0, 0.1) is 5.82 Å². The van der Waals surface area contributed by atoms with E-state index >= 15 is 0 Å². The molecule has 0 amide bonds. The van der Waals surface area contributed by atoms with Crippen molar-refractivity contribution in [2.75, 3.05) is 11.4 Å². The van der Waals surface area contributed by atoms with E-state index in [2.05, 4.69) is 11.8 Å². The van der Waals surface area contributed by atoms with E-state index < -0.39 is 0 Å². The molecule has 1 aromatic heterocycles. The lowest BCUT2D eigenvalue weighted by Gasteiger charge is -2.23. The first-order chi connectivity index (χ1) is 8.74. The van der Waals surface area contributed by atoms with Crippen molar-refractivity contribution in [3.63, 3.8) is 0 Å². The van der Waals surface area contributed by atoms with Crippen molar-refractivity contribution in [1.29, 1.82) is 0 Å². The van der Waals surface area contributed by atoms with Crippen LogP contribution in [0.15, 0.2) is 41.0 Å². The van der Waals surface area contributed by atoms with Crippen LogP contribution in [-0.2, 0) is 13.1 Å². The number of anilines is 1. The van der Waals surface area contributed by atoms with E-state index in [1.54, 1.807) is 18.4 Å². The molecule has 96 valence electrons. The van der Waals surface area contributed by atoms with Gasteiger partial charge in [-0.3, -0.25) is 0 Å². The summed E-state index contributed by atoms with van der Waals surface area (Å²) in [5.74, 6) is 0.580. The predicted molar refractivity (Wildman–Crippen MR) is 69.7 cm³/mol. The first-order valence-corrected chi connectivity index (χ1v) is 6.00. The number of hydrogen-bond acceptors (Lipinski definition) is 3. The monoisotopic (exact) mass is 248 g/mol. The highest BCUT2D eigenvalue weighted by Crippen LogP contribution is 2.19. The molecule has 2 rings (SSSR count). The van der Waals surface area contributed by atoms with Crippen LogP contribution in [0.2, 0.25) is 0 Å². The Morgan fingerprint density at radius 3 is 2.56 bits per heavy atom. The van der Waals surface area contributed by atoms with Gasteiger partial charge in [-0.15, -0.1) is 0 Å². The second-order valence-electron chi connectivity index (χ2n) is 4.06. The summed E-state index contributed by atoms with van der Waals surface area (Å²) in [5.41, 5.74) is 7.67. The minimum Gasteiger partial charge on any atom is -0.468 e. The zero-order valence-corrected chi connectivity index (χ0v) is 10.4. The summed E-state index contributed by atoms with van der Waals surface area (Å²) < 4.78 is 18.2. The van der Waals surface area contributed by atoms with Gasteiger partial charge in [-0.2, -0.15) is 0 Å². The van der Waals surface area contributed by atoms with Crippen LogP contribution in [0.4, 0.5) is 10.1 Å². The van der Waals surface area contributed by atoms with E-state index in [1.165, 1.54) is 12.1 Å². The first kappa shape index (κ1) is 12.6. The summed E-state index contributed by atoms with van der Waals surface area (Å²) in [6, 6.07) is 8.42. The fourth-order valence-electron chi connectivity index (χ4n) is 1.93. The molecular formula is C14H17FN2O. The third-order valence-corrected chi connectivity index (χ3v) is 2.96. The van der Waals surface area contributed by atoms with Gasteiger partial charge >= 0.3 is 0 Å². The van der Waals surface area contributed by atoms with Gasteiger partial charge in [0, 0.05) is 24.3 Å². The lowest BCUT2D eigenvalue weighted by atomic mass is 10.2. The molecule has 18 heavy (non-hydrogen) atoms. The molecule has 2 N–H and O–H groups in total. The molecule has 3 nitrogen and oxygen atoms in total. The van der Waals surface area contributed by atoms with Crippen molar-refractivity contribution in [2.45, 2.75) is 20.0 Å². The lowest BCUT2D eigenvalue weighted by molar-refractivity contribution is 0.506. The van der Waals surface area contributed by atoms with Gasteiger partial charge in [-0.25, -0.2) is 4.39 Å². The molecule has 0 fully saturated rings. The fourth-order valence-corrected chi connectivity index (χ4v) is 1.93. The van der Waals surface area contributed by atoms with Crippen LogP contribution in [0.3, 0.4) is 0 Å². The maximum Gasteiger partial charge on any atom is 0.123 e. The first-order valence-electron chi connectivity index (χ1n) is 6.00. The lowest BCUT2D eigenvalue weighted by Crippen LogP contribution is -2.22. The Kier molecular flexibility index (Phi) is 3.99. The molecule has 0 atom stereocenters. The Morgan fingerprint density at radius 2 is 1.94 bits per heavy atom. The molecule has 0 saturated heterocycles. The predicted octanol–water partition coefficient (Wildman–Crippen LogP) is 2.90. The average molecular weight is 248 g/mol. The van der Waals surface area contributed by atoms with E-state index in [0.29, 0.717) is 13.1 Å². The van der Waals surface area contributed by atoms with Gasteiger partial charge in [0.15, 0.2) is 0 Å². The van der Waals surface area contributed by atoms with Crippen LogP contribution >= 0.6 is 0 Å².